The number of aromatic nitrogens is 6. The van der Waals surface area contributed by atoms with Crippen molar-refractivity contribution in [3.8, 4) is 0 Å². The molecule has 0 amide bonds. The van der Waals surface area contributed by atoms with Crippen molar-refractivity contribution in [1.82, 2.24) is 29.4 Å². The van der Waals surface area contributed by atoms with Gasteiger partial charge in [0.15, 0.2) is 11.5 Å². The van der Waals surface area contributed by atoms with Crippen LogP contribution in [0, 0.1) is 5.82 Å². The van der Waals surface area contributed by atoms with Crippen molar-refractivity contribution < 1.29 is 4.39 Å². The summed E-state index contributed by atoms with van der Waals surface area (Å²) in [4.78, 5) is 8.34. The van der Waals surface area contributed by atoms with Gasteiger partial charge in [-0.05, 0) is 12.1 Å². The van der Waals surface area contributed by atoms with Crippen LogP contribution in [0.3, 0.4) is 0 Å². The van der Waals surface area contributed by atoms with E-state index in [1.807, 2.05) is 7.05 Å². The molecule has 0 aliphatic heterocycles. The molecule has 0 aliphatic rings. The Balaban J connectivity index is 1.65. The molecule has 0 saturated heterocycles. The van der Waals surface area contributed by atoms with Crippen LogP contribution < -0.4 is 5.32 Å². The van der Waals surface area contributed by atoms with E-state index in [4.69, 9.17) is 0 Å². The van der Waals surface area contributed by atoms with Crippen LogP contribution in [-0.4, -0.2) is 35.9 Å². The smallest absolute Gasteiger partial charge is 0.243 e. The maximum Gasteiger partial charge on any atom is 0.243 e. The molecule has 0 radical (unpaired) electrons. The van der Waals surface area contributed by atoms with Gasteiger partial charge in [0.2, 0.25) is 5.95 Å². The van der Waals surface area contributed by atoms with Crippen LogP contribution in [-0.2, 0) is 13.5 Å². The summed E-state index contributed by atoms with van der Waals surface area (Å²) < 4.78 is 16.0. The predicted octanol–water partition coefficient (Wildman–Crippen LogP) is 0.651. The van der Waals surface area contributed by atoms with Gasteiger partial charge in [-0.3, -0.25) is 4.68 Å². The average molecular weight is 261 g/mol. The summed E-state index contributed by atoms with van der Waals surface area (Å²) in [6.45, 7) is 0.614. The average Bonchev–Trinajstić information content (AvgIpc) is 2.95. The zero-order chi connectivity index (χ0) is 13.2. The molecule has 98 valence electrons. The van der Waals surface area contributed by atoms with E-state index in [2.05, 4.69) is 25.5 Å². The summed E-state index contributed by atoms with van der Waals surface area (Å²) in [6, 6.07) is 2.93. The molecule has 0 atom stereocenters. The van der Waals surface area contributed by atoms with Crippen molar-refractivity contribution in [2.24, 2.45) is 7.05 Å². The highest BCUT2D eigenvalue weighted by atomic mass is 19.1. The summed E-state index contributed by atoms with van der Waals surface area (Å²) in [5.41, 5.74) is 0.597. The first-order valence-corrected chi connectivity index (χ1v) is 5.81. The molecule has 3 aromatic heterocycles. The third kappa shape index (κ3) is 2.51. The summed E-state index contributed by atoms with van der Waals surface area (Å²) in [5.74, 6) is 0.868. The minimum absolute atomic E-state index is 0.346. The Kier molecular flexibility index (Phi) is 2.82. The number of nitrogens with zero attached hydrogens (tertiary/aromatic N) is 6. The first-order chi connectivity index (χ1) is 9.20. The summed E-state index contributed by atoms with van der Waals surface area (Å²) in [7, 11) is 1.82. The van der Waals surface area contributed by atoms with Crippen molar-refractivity contribution in [3.63, 3.8) is 0 Å². The lowest BCUT2D eigenvalue weighted by Crippen LogP contribution is -2.07. The van der Waals surface area contributed by atoms with Crippen LogP contribution in [0.1, 0.15) is 5.82 Å². The largest absolute Gasteiger partial charge is 0.352 e. The maximum atomic E-state index is 13.0. The molecule has 1 N–H and O–H groups in total. The number of anilines is 1. The molecule has 0 unspecified atom stereocenters. The quantitative estimate of drug-likeness (QED) is 0.746. The van der Waals surface area contributed by atoms with Gasteiger partial charge in [-0.25, -0.2) is 13.9 Å². The molecule has 0 bridgehead atoms. The highest BCUT2D eigenvalue weighted by Crippen LogP contribution is 2.06. The Morgan fingerprint density at radius 1 is 1.32 bits per heavy atom. The molecular weight excluding hydrogens is 249 g/mol. The Morgan fingerprint density at radius 2 is 2.21 bits per heavy atom. The topological polar surface area (TPSA) is 72.9 Å². The van der Waals surface area contributed by atoms with E-state index in [0.717, 1.165) is 5.82 Å². The monoisotopic (exact) mass is 261 g/mol. The second-order valence-corrected chi connectivity index (χ2v) is 4.10. The van der Waals surface area contributed by atoms with Crippen molar-refractivity contribution in [3.05, 3.63) is 36.3 Å². The van der Waals surface area contributed by atoms with Crippen LogP contribution in [0.4, 0.5) is 10.3 Å². The highest BCUT2D eigenvalue weighted by molar-refractivity contribution is 5.42. The standard InChI is InChI=1S/C11H12FN7/c1-18-7-14-9(16-18)4-5-13-11-15-10-3-2-8(12)6-19(10)17-11/h2-3,6-7H,4-5H2,1H3,(H,13,17). The Bertz CT molecular complexity index is 702. The fourth-order valence-corrected chi connectivity index (χ4v) is 1.72. The molecule has 3 rings (SSSR count). The SMILES string of the molecule is Cn1cnc(CCNc2nc3ccc(F)cn3n2)n1. The first kappa shape index (κ1) is 11.6. The van der Waals surface area contributed by atoms with Gasteiger partial charge in [0.25, 0.3) is 0 Å². The predicted molar refractivity (Wildman–Crippen MR) is 66.1 cm³/mol. The maximum absolute atomic E-state index is 13.0. The third-order valence-electron chi connectivity index (χ3n) is 2.57. The molecule has 0 aliphatic carbocycles. The molecule has 7 nitrogen and oxygen atoms in total. The number of aryl methyl sites for hydroxylation is 1. The molecule has 19 heavy (non-hydrogen) atoms. The van der Waals surface area contributed by atoms with Gasteiger partial charge in [0, 0.05) is 20.0 Å². The highest BCUT2D eigenvalue weighted by Gasteiger charge is 2.04. The summed E-state index contributed by atoms with van der Waals surface area (Å²) in [5, 5.41) is 11.3. The number of hydrogen-bond acceptors (Lipinski definition) is 5. The van der Waals surface area contributed by atoms with E-state index < -0.39 is 0 Å². The Morgan fingerprint density at radius 3 is 3.00 bits per heavy atom. The Hall–Kier alpha value is -2.51. The van der Waals surface area contributed by atoms with Gasteiger partial charge in [-0.2, -0.15) is 10.1 Å². The van der Waals surface area contributed by atoms with Gasteiger partial charge in [-0.15, -0.1) is 5.10 Å². The molecular formula is C11H12FN7. The zero-order valence-electron chi connectivity index (χ0n) is 10.3. The molecule has 0 spiro atoms. The fourth-order valence-electron chi connectivity index (χ4n) is 1.72. The molecule has 0 aromatic carbocycles. The van der Waals surface area contributed by atoms with Crippen LogP contribution in [0.25, 0.3) is 5.65 Å². The van der Waals surface area contributed by atoms with Gasteiger partial charge >= 0.3 is 0 Å². The number of fused-ring (bicyclic) bond motifs is 1. The fraction of sp³-hybridized carbons (Fsp3) is 0.273. The van der Waals surface area contributed by atoms with E-state index in [1.54, 1.807) is 17.1 Å². The van der Waals surface area contributed by atoms with Crippen molar-refractivity contribution in [2.45, 2.75) is 6.42 Å². The lowest BCUT2D eigenvalue weighted by atomic mass is 10.4. The number of nitrogens with one attached hydrogen (secondary N) is 1. The van der Waals surface area contributed by atoms with Crippen LogP contribution in [0.5, 0.6) is 0 Å². The van der Waals surface area contributed by atoms with E-state index in [9.17, 15) is 4.39 Å². The van der Waals surface area contributed by atoms with Gasteiger partial charge in [0.05, 0.1) is 6.20 Å². The number of pyridine rings is 1. The van der Waals surface area contributed by atoms with E-state index in [-0.39, 0.29) is 5.82 Å². The molecule has 3 heterocycles. The molecule has 0 saturated carbocycles. The minimum Gasteiger partial charge on any atom is -0.352 e. The summed E-state index contributed by atoms with van der Waals surface area (Å²) in [6.07, 6.45) is 3.61. The number of halogens is 1. The first-order valence-electron chi connectivity index (χ1n) is 5.81. The van der Waals surface area contributed by atoms with Crippen molar-refractivity contribution in [1.29, 1.82) is 0 Å². The third-order valence-corrected chi connectivity index (χ3v) is 2.57. The van der Waals surface area contributed by atoms with Crippen LogP contribution >= 0.6 is 0 Å². The number of rotatable bonds is 4. The van der Waals surface area contributed by atoms with E-state index in [0.29, 0.717) is 24.6 Å². The van der Waals surface area contributed by atoms with Gasteiger partial charge in [0.1, 0.15) is 12.1 Å². The van der Waals surface area contributed by atoms with Crippen LogP contribution in [0.15, 0.2) is 24.7 Å². The minimum atomic E-state index is -0.346. The second kappa shape index (κ2) is 4.63. The van der Waals surface area contributed by atoms with Crippen LogP contribution in [0.2, 0.25) is 0 Å². The van der Waals surface area contributed by atoms with Gasteiger partial charge < -0.3 is 5.32 Å². The lowest BCUT2D eigenvalue weighted by molar-refractivity contribution is 0.615. The van der Waals surface area contributed by atoms with Crippen molar-refractivity contribution >= 4 is 11.6 Å². The second-order valence-electron chi connectivity index (χ2n) is 4.10. The molecule has 3 aromatic rings. The number of hydrogen-bond donors (Lipinski definition) is 1. The van der Waals surface area contributed by atoms with E-state index >= 15 is 0 Å². The van der Waals surface area contributed by atoms with E-state index in [1.165, 1.54) is 16.8 Å². The molecule has 0 fully saturated rings. The zero-order valence-corrected chi connectivity index (χ0v) is 10.3. The van der Waals surface area contributed by atoms with Crippen molar-refractivity contribution in [2.75, 3.05) is 11.9 Å². The molecule has 8 heteroatoms. The summed E-state index contributed by atoms with van der Waals surface area (Å²) >= 11 is 0. The lowest BCUT2D eigenvalue weighted by Gasteiger charge is -1.97. The normalized spacial score (nSPS) is 11.1. The Labute approximate surface area is 108 Å². The van der Waals surface area contributed by atoms with Gasteiger partial charge in [-0.1, -0.05) is 0 Å².